The maximum atomic E-state index is 14.3. The molecule has 0 saturated carbocycles. The van der Waals surface area contributed by atoms with Crippen molar-refractivity contribution in [3.63, 3.8) is 0 Å². The zero-order valence-corrected chi connectivity index (χ0v) is 20.5. The molecule has 0 aromatic heterocycles. The molecule has 1 saturated heterocycles. The Labute approximate surface area is 213 Å². The van der Waals surface area contributed by atoms with Crippen molar-refractivity contribution in [2.75, 3.05) is 17.6 Å². The molecule has 3 amide bonds. The Morgan fingerprint density at radius 3 is 2.49 bits per heavy atom. The van der Waals surface area contributed by atoms with Gasteiger partial charge in [0.1, 0.15) is 17.6 Å². The lowest BCUT2D eigenvalue weighted by atomic mass is 9.95. The molecule has 2 aliphatic heterocycles. The highest BCUT2D eigenvalue weighted by molar-refractivity contribution is 7.92. The van der Waals surface area contributed by atoms with E-state index in [1.54, 1.807) is 54.6 Å². The number of halogens is 1. The Balaban J connectivity index is 1.31. The summed E-state index contributed by atoms with van der Waals surface area (Å²) in [5.41, 5.74) is 1.45. The van der Waals surface area contributed by atoms with Gasteiger partial charge >= 0.3 is 0 Å². The van der Waals surface area contributed by atoms with Gasteiger partial charge in [-0.1, -0.05) is 42.5 Å². The number of carbonyl (C=O) groups is 3. The van der Waals surface area contributed by atoms with Crippen LogP contribution < -0.4 is 10.6 Å². The lowest BCUT2D eigenvalue weighted by Gasteiger charge is -2.37. The van der Waals surface area contributed by atoms with Crippen LogP contribution in [0.25, 0.3) is 11.1 Å². The molecule has 5 rings (SSSR count). The first-order valence-corrected chi connectivity index (χ1v) is 13.5. The highest BCUT2D eigenvalue weighted by Gasteiger charge is 2.40. The van der Waals surface area contributed by atoms with E-state index in [1.807, 2.05) is 0 Å². The van der Waals surface area contributed by atoms with E-state index in [2.05, 4.69) is 10.6 Å². The quantitative estimate of drug-likeness (QED) is 0.536. The van der Waals surface area contributed by atoms with Gasteiger partial charge in [-0.15, -0.1) is 0 Å². The van der Waals surface area contributed by atoms with Gasteiger partial charge in [-0.3, -0.25) is 14.4 Å². The van der Waals surface area contributed by atoms with E-state index >= 15 is 0 Å². The second kappa shape index (κ2) is 9.78. The van der Waals surface area contributed by atoms with Crippen LogP contribution in [0.1, 0.15) is 23.2 Å². The standard InChI is InChI=1S/C27H24FN3O5S/c28-22-9-5-4-8-20(22)17-10-11-23-21(14-17)27(34)31-13-12-18(15-24(31)26(33)30-23)29-25(32)16-37(35,36)19-6-2-1-3-7-19/h1-11,14,18,24H,12-13,15-16H2,(H,29,32)(H,30,33)/t18-,24-/m0/s1. The summed E-state index contributed by atoms with van der Waals surface area (Å²) in [4.78, 5) is 40.5. The van der Waals surface area contributed by atoms with Crippen molar-refractivity contribution in [3.8, 4) is 11.1 Å². The topological polar surface area (TPSA) is 113 Å². The van der Waals surface area contributed by atoms with Gasteiger partial charge in [-0.25, -0.2) is 12.8 Å². The molecule has 3 aromatic carbocycles. The first-order chi connectivity index (χ1) is 17.7. The van der Waals surface area contributed by atoms with E-state index in [9.17, 15) is 27.2 Å². The van der Waals surface area contributed by atoms with E-state index in [4.69, 9.17) is 0 Å². The minimum atomic E-state index is -3.81. The summed E-state index contributed by atoms with van der Waals surface area (Å²) in [7, 11) is -3.81. The largest absolute Gasteiger partial charge is 0.352 e. The van der Waals surface area contributed by atoms with Crippen LogP contribution in [0.4, 0.5) is 10.1 Å². The fourth-order valence-corrected chi connectivity index (χ4v) is 5.97. The first kappa shape index (κ1) is 24.6. The molecule has 1 fully saturated rings. The molecule has 0 unspecified atom stereocenters. The fourth-order valence-electron chi connectivity index (χ4n) is 4.80. The zero-order valence-electron chi connectivity index (χ0n) is 19.7. The van der Waals surface area contributed by atoms with Gasteiger partial charge in [-0.05, 0) is 48.7 Å². The predicted molar refractivity (Wildman–Crippen MR) is 135 cm³/mol. The second-order valence-corrected chi connectivity index (χ2v) is 11.1. The van der Waals surface area contributed by atoms with Crippen LogP contribution >= 0.6 is 0 Å². The maximum Gasteiger partial charge on any atom is 0.256 e. The molecule has 0 bridgehead atoms. The summed E-state index contributed by atoms with van der Waals surface area (Å²) in [5.74, 6) is -2.57. The van der Waals surface area contributed by atoms with Gasteiger partial charge < -0.3 is 15.5 Å². The molecule has 10 heteroatoms. The fraction of sp³-hybridized carbons (Fsp3) is 0.222. The van der Waals surface area contributed by atoms with Crippen LogP contribution in [0.15, 0.2) is 77.7 Å². The van der Waals surface area contributed by atoms with Crippen LogP contribution in [-0.2, 0) is 19.4 Å². The van der Waals surface area contributed by atoms with Crippen molar-refractivity contribution < 1.29 is 27.2 Å². The van der Waals surface area contributed by atoms with Crippen molar-refractivity contribution in [1.29, 1.82) is 0 Å². The molecule has 37 heavy (non-hydrogen) atoms. The van der Waals surface area contributed by atoms with Crippen LogP contribution in [0, 0.1) is 5.82 Å². The number of benzene rings is 3. The number of anilines is 1. The zero-order chi connectivity index (χ0) is 26.2. The lowest BCUT2D eigenvalue weighted by Crippen LogP contribution is -2.55. The third-order valence-corrected chi connectivity index (χ3v) is 8.28. The Morgan fingerprint density at radius 1 is 1.00 bits per heavy atom. The van der Waals surface area contributed by atoms with Crippen molar-refractivity contribution >= 4 is 33.2 Å². The van der Waals surface area contributed by atoms with Gasteiger partial charge in [0, 0.05) is 18.2 Å². The smallest absolute Gasteiger partial charge is 0.256 e. The van der Waals surface area contributed by atoms with Crippen molar-refractivity contribution in [2.24, 2.45) is 0 Å². The molecule has 0 aliphatic carbocycles. The molecule has 3 aromatic rings. The lowest BCUT2D eigenvalue weighted by molar-refractivity contribution is -0.124. The van der Waals surface area contributed by atoms with Crippen molar-refractivity contribution in [3.05, 3.63) is 84.2 Å². The number of carbonyl (C=O) groups excluding carboxylic acids is 3. The summed E-state index contributed by atoms with van der Waals surface area (Å²) in [6.07, 6.45) is 0.498. The number of piperidine rings is 1. The third kappa shape index (κ3) is 4.97. The Kier molecular flexibility index (Phi) is 6.51. The number of fused-ring (bicyclic) bond motifs is 2. The average molecular weight is 522 g/mol. The Hall–Kier alpha value is -4.05. The molecule has 2 N–H and O–H groups in total. The van der Waals surface area contributed by atoms with Crippen molar-refractivity contribution in [1.82, 2.24) is 10.2 Å². The van der Waals surface area contributed by atoms with Crippen LogP contribution in [0.2, 0.25) is 0 Å². The molecule has 2 aliphatic rings. The van der Waals surface area contributed by atoms with E-state index in [1.165, 1.54) is 23.1 Å². The van der Waals surface area contributed by atoms with Gasteiger partial charge in [0.15, 0.2) is 9.84 Å². The molecular weight excluding hydrogens is 497 g/mol. The summed E-state index contributed by atoms with van der Waals surface area (Å²) in [6, 6.07) is 17.4. The van der Waals surface area contributed by atoms with Gasteiger partial charge in [0.2, 0.25) is 11.8 Å². The monoisotopic (exact) mass is 521 g/mol. The molecule has 0 radical (unpaired) electrons. The predicted octanol–water partition coefficient (Wildman–Crippen LogP) is 3.01. The number of sulfone groups is 1. The van der Waals surface area contributed by atoms with Crippen LogP contribution in [-0.4, -0.2) is 55.4 Å². The van der Waals surface area contributed by atoms with Crippen LogP contribution in [0.3, 0.4) is 0 Å². The van der Waals surface area contributed by atoms with Gasteiger partial charge in [0.05, 0.1) is 16.1 Å². The number of hydrogen-bond donors (Lipinski definition) is 2. The van der Waals surface area contributed by atoms with Gasteiger partial charge in [0.25, 0.3) is 5.91 Å². The summed E-state index contributed by atoms with van der Waals surface area (Å²) in [6.45, 7) is 0.191. The molecule has 2 heterocycles. The molecule has 0 spiro atoms. The SMILES string of the molecule is O=C(CS(=O)(=O)c1ccccc1)N[C@H]1CCN2C(=O)c3cc(-c4ccccc4F)ccc3NC(=O)[C@@H]2C1. The highest BCUT2D eigenvalue weighted by Crippen LogP contribution is 2.32. The number of rotatable bonds is 5. The summed E-state index contributed by atoms with van der Waals surface area (Å²) in [5, 5.41) is 5.49. The number of hydrogen-bond acceptors (Lipinski definition) is 5. The minimum absolute atomic E-state index is 0.0567. The number of nitrogens with zero attached hydrogens (tertiary/aromatic N) is 1. The average Bonchev–Trinajstić information content (AvgIpc) is 2.98. The van der Waals surface area contributed by atoms with Gasteiger partial charge in [-0.2, -0.15) is 0 Å². The summed E-state index contributed by atoms with van der Waals surface area (Å²) >= 11 is 0. The van der Waals surface area contributed by atoms with E-state index in [0.717, 1.165) is 0 Å². The van der Waals surface area contributed by atoms with E-state index in [-0.39, 0.29) is 29.3 Å². The first-order valence-electron chi connectivity index (χ1n) is 11.8. The Morgan fingerprint density at radius 2 is 1.73 bits per heavy atom. The van der Waals surface area contributed by atoms with Crippen LogP contribution in [0.5, 0.6) is 0 Å². The molecule has 2 atom stereocenters. The highest BCUT2D eigenvalue weighted by atomic mass is 32.2. The maximum absolute atomic E-state index is 14.3. The van der Waals surface area contributed by atoms with Crippen molar-refractivity contribution in [2.45, 2.75) is 29.8 Å². The second-order valence-electron chi connectivity index (χ2n) is 9.10. The molecular formula is C27H24FN3O5S. The summed E-state index contributed by atoms with van der Waals surface area (Å²) < 4.78 is 39.4. The van der Waals surface area contributed by atoms with E-state index in [0.29, 0.717) is 23.2 Å². The van der Waals surface area contributed by atoms with E-state index < -0.39 is 45.3 Å². The molecule has 8 nitrogen and oxygen atoms in total. The minimum Gasteiger partial charge on any atom is -0.352 e. The number of nitrogens with one attached hydrogen (secondary N) is 2. The molecule has 190 valence electrons. The third-order valence-electron chi connectivity index (χ3n) is 6.65. The number of amides is 3. The Bertz CT molecular complexity index is 1490. The normalized spacial score (nSPS) is 19.3.